The molecule has 0 bridgehead atoms. The highest BCUT2D eigenvalue weighted by Crippen LogP contribution is 2.23. The summed E-state index contributed by atoms with van der Waals surface area (Å²) < 4.78 is 14.3. The van der Waals surface area contributed by atoms with Crippen molar-refractivity contribution in [3.05, 3.63) is 17.0 Å². The van der Waals surface area contributed by atoms with Crippen molar-refractivity contribution in [1.82, 2.24) is 15.1 Å². The topological polar surface area (TPSA) is 29.9 Å². The van der Waals surface area contributed by atoms with Crippen molar-refractivity contribution >= 4 is 0 Å². The summed E-state index contributed by atoms with van der Waals surface area (Å²) in [7, 11) is 0. The van der Waals surface area contributed by atoms with Crippen molar-refractivity contribution < 1.29 is 4.39 Å². The zero-order chi connectivity index (χ0) is 12.8. The highest BCUT2D eigenvalue weighted by Gasteiger charge is 2.19. The minimum atomic E-state index is -0.354. The van der Waals surface area contributed by atoms with Crippen molar-refractivity contribution in [2.75, 3.05) is 13.2 Å². The smallest absolute Gasteiger partial charge is 0.109 e. The quantitative estimate of drug-likeness (QED) is 0.795. The van der Waals surface area contributed by atoms with Gasteiger partial charge < -0.3 is 5.32 Å². The Morgan fingerprint density at radius 3 is 2.47 bits per heavy atom. The Morgan fingerprint density at radius 1 is 1.29 bits per heavy atom. The Morgan fingerprint density at radius 2 is 2.00 bits per heavy atom. The van der Waals surface area contributed by atoms with Crippen LogP contribution in [-0.4, -0.2) is 23.0 Å². The molecule has 17 heavy (non-hydrogen) atoms. The number of aryl methyl sites for hydroxylation is 2. The lowest BCUT2D eigenvalue weighted by Gasteiger charge is -2.15. The summed E-state index contributed by atoms with van der Waals surface area (Å²) in [5.41, 5.74) is 3.54. The Hall–Kier alpha value is -0.900. The van der Waals surface area contributed by atoms with Gasteiger partial charge in [0.05, 0.1) is 12.2 Å². The predicted molar refractivity (Wildman–Crippen MR) is 69.0 cm³/mol. The molecule has 4 heteroatoms. The standard InChI is InChI=1S/C13H24FN3/c1-5-11-13(10(4)15-7-3)12(6-2)17(16-11)9-8-14/h10,15H,5-9H2,1-4H3. The molecule has 0 amide bonds. The lowest BCUT2D eigenvalue weighted by molar-refractivity contribution is 0.419. The molecule has 0 fully saturated rings. The second-order valence-electron chi connectivity index (χ2n) is 4.21. The first-order chi connectivity index (χ1) is 8.19. The summed E-state index contributed by atoms with van der Waals surface area (Å²) in [6.07, 6.45) is 1.80. The van der Waals surface area contributed by atoms with Crippen molar-refractivity contribution in [3.8, 4) is 0 Å². The molecule has 3 nitrogen and oxygen atoms in total. The summed E-state index contributed by atoms with van der Waals surface area (Å²) in [6.45, 7) is 9.40. The molecule has 1 atom stereocenters. The number of rotatable bonds is 7. The van der Waals surface area contributed by atoms with Gasteiger partial charge in [-0.1, -0.05) is 20.8 Å². The molecule has 1 N–H and O–H groups in total. The van der Waals surface area contributed by atoms with E-state index in [4.69, 9.17) is 0 Å². The molecule has 1 rings (SSSR count). The molecule has 0 aliphatic heterocycles. The molecular weight excluding hydrogens is 217 g/mol. The summed E-state index contributed by atoms with van der Waals surface area (Å²) >= 11 is 0. The number of hydrogen-bond donors (Lipinski definition) is 1. The van der Waals surface area contributed by atoms with Gasteiger partial charge in [-0.15, -0.1) is 0 Å². The summed E-state index contributed by atoms with van der Waals surface area (Å²) in [4.78, 5) is 0. The molecule has 0 radical (unpaired) electrons. The van der Waals surface area contributed by atoms with Gasteiger partial charge in [-0.05, 0) is 26.3 Å². The zero-order valence-electron chi connectivity index (χ0n) is 11.4. The van der Waals surface area contributed by atoms with Gasteiger partial charge in [-0.2, -0.15) is 5.10 Å². The van der Waals surface area contributed by atoms with E-state index in [2.05, 4.69) is 38.1 Å². The van der Waals surface area contributed by atoms with Crippen LogP contribution in [0.1, 0.15) is 50.7 Å². The molecule has 1 unspecified atom stereocenters. The zero-order valence-corrected chi connectivity index (χ0v) is 11.4. The lowest BCUT2D eigenvalue weighted by atomic mass is 10.0. The Bertz CT molecular complexity index is 347. The van der Waals surface area contributed by atoms with E-state index in [1.807, 2.05) is 4.68 Å². The van der Waals surface area contributed by atoms with E-state index < -0.39 is 0 Å². The van der Waals surface area contributed by atoms with Crippen molar-refractivity contribution in [3.63, 3.8) is 0 Å². The second kappa shape index (κ2) is 6.74. The highest BCUT2D eigenvalue weighted by molar-refractivity contribution is 5.30. The normalized spacial score (nSPS) is 13.0. The van der Waals surface area contributed by atoms with Crippen LogP contribution in [0.4, 0.5) is 4.39 Å². The van der Waals surface area contributed by atoms with Crippen LogP contribution in [0.15, 0.2) is 0 Å². The average molecular weight is 241 g/mol. The van der Waals surface area contributed by atoms with Crippen molar-refractivity contribution in [1.29, 1.82) is 0 Å². The molecule has 0 saturated heterocycles. The minimum absolute atomic E-state index is 0.290. The Labute approximate surface area is 103 Å². The van der Waals surface area contributed by atoms with Gasteiger partial charge in [0.1, 0.15) is 6.67 Å². The Balaban J connectivity index is 3.14. The fourth-order valence-corrected chi connectivity index (χ4v) is 2.37. The molecule has 0 saturated carbocycles. The molecular formula is C13H24FN3. The SMILES string of the molecule is CCNC(C)c1c(CC)nn(CCF)c1CC. The number of aromatic nitrogens is 2. The molecule has 0 aromatic carbocycles. The third-order valence-corrected chi connectivity index (χ3v) is 3.08. The fourth-order valence-electron chi connectivity index (χ4n) is 2.37. The van der Waals surface area contributed by atoms with Crippen molar-refractivity contribution in [2.45, 2.75) is 53.1 Å². The number of nitrogens with one attached hydrogen (secondary N) is 1. The Kier molecular flexibility index (Phi) is 5.62. The van der Waals surface area contributed by atoms with Gasteiger partial charge >= 0.3 is 0 Å². The molecule has 0 spiro atoms. The fraction of sp³-hybridized carbons (Fsp3) is 0.769. The predicted octanol–water partition coefficient (Wildman–Crippen LogP) is 2.65. The van der Waals surface area contributed by atoms with Crippen LogP contribution < -0.4 is 5.32 Å². The monoisotopic (exact) mass is 241 g/mol. The lowest BCUT2D eigenvalue weighted by Crippen LogP contribution is -2.20. The number of halogens is 1. The van der Waals surface area contributed by atoms with E-state index in [0.717, 1.165) is 25.1 Å². The van der Waals surface area contributed by atoms with Gasteiger partial charge in [0.15, 0.2) is 0 Å². The number of hydrogen-bond acceptors (Lipinski definition) is 2. The maximum Gasteiger partial charge on any atom is 0.109 e. The van der Waals surface area contributed by atoms with E-state index in [1.54, 1.807) is 0 Å². The first-order valence-electron chi connectivity index (χ1n) is 6.57. The molecule has 98 valence electrons. The van der Waals surface area contributed by atoms with E-state index in [9.17, 15) is 4.39 Å². The molecule has 0 aliphatic carbocycles. The number of nitrogens with zero attached hydrogens (tertiary/aromatic N) is 2. The molecule has 0 aliphatic rings. The summed E-state index contributed by atoms with van der Waals surface area (Å²) in [5, 5.41) is 7.95. The van der Waals surface area contributed by atoms with Gasteiger partial charge in [-0.25, -0.2) is 4.39 Å². The second-order valence-corrected chi connectivity index (χ2v) is 4.21. The largest absolute Gasteiger partial charge is 0.310 e. The first-order valence-corrected chi connectivity index (χ1v) is 6.57. The van der Waals surface area contributed by atoms with Crippen LogP contribution in [0, 0.1) is 0 Å². The van der Waals surface area contributed by atoms with Gasteiger partial charge in [0.25, 0.3) is 0 Å². The van der Waals surface area contributed by atoms with E-state index in [-0.39, 0.29) is 6.67 Å². The van der Waals surface area contributed by atoms with Crippen LogP contribution in [0.5, 0.6) is 0 Å². The van der Waals surface area contributed by atoms with Crippen LogP contribution in [0.3, 0.4) is 0 Å². The number of alkyl halides is 1. The average Bonchev–Trinajstić information content (AvgIpc) is 2.67. The van der Waals surface area contributed by atoms with E-state index in [0.29, 0.717) is 12.6 Å². The van der Waals surface area contributed by atoms with Gasteiger partial charge in [0.2, 0.25) is 0 Å². The first kappa shape index (κ1) is 14.2. The van der Waals surface area contributed by atoms with Gasteiger partial charge in [-0.3, -0.25) is 4.68 Å². The van der Waals surface area contributed by atoms with Crippen LogP contribution >= 0.6 is 0 Å². The molecule has 1 heterocycles. The van der Waals surface area contributed by atoms with E-state index in [1.165, 1.54) is 11.3 Å². The maximum absolute atomic E-state index is 12.5. The van der Waals surface area contributed by atoms with Crippen LogP contribution in [-0.2, 0) is 19.4 Å². The summed E-state index contributed by atoms with van der Waals surface area (Å²) in [6, 6.07) is 0.290. The maximum atomic E-state index is 12.5. The van der Waals surface area contributed by atoms with Crippen LogP contribution in [0.2, 0.25) is 0 Å². The summed E-state index contributed by atoms with van der Waals surface area (Å²) in [5.74, 6) is 0. The van der Waals surface area contributed by atoms with Crippen LogP contribution in [0.25, 0.3) is 0 Å². The molecule has 1 aromatic rings. The third-order valence-electron chi connectivity index (χ3n) is 3.08. The minimum Gasteiger partial charge on any atom is -0.310 e. The van der Waals surface area contributed by atoms with E-state index >= 15 is 0 Å². The third kappa shape index (κ3) is 3.06. The molecule has 1 aromatic heterocycles. The highest BCUT2D eigenvalue weighted by atomic mass is 19.1. The van der Waals surface area contributed by atoms with Crippen molar-refractivity contribution in [2.24, 2.45) is 0 Å². The van der Waals surface area contributed by atoms with Gasteiger partial charge in [0, 0.05) is 17.3 Å².